The Balaban J connectivity index is 1.20. The van der Waals surface area contributed by atoms with Crippen LogP contribution in [0.2, 0.25) is 0 Å². The molecule has 0 N–H and O–H groups in total. The van der Waals surface area contributed by atoms with E-state index < -0.39 is 11.7 Å². The highest BCUT2D eigenvalue weighted by Gasteiger charge is 2.35. The van der Waals surface area contributed by atoms with E-state index >= 15 is 13.2 Å². The first-order chi connectivity index (χ1) is 34.5. The van der Waals surface area contributed by atoms with Gasteiger partial charge in [0.1, 0.15) is 0 Å². The van der Waals surface area contributed by atoms with Crippen molar-refractivity contribution in [3.8, 4) is 74.1 Å². The molecule has 7 nitrogen and oxygen atoms in total. The van der Waals surface area contributed by atoms with E-state index in [1.54, 1.807) is 67.6 Å². The van der Waals surface area contributed by atoms with Crippen LogP contribution < -0.4 is 0 Å². The van der Waals surface area contributed by atoms with Crippen LogP contribution in [0.4, 0.5) is 24.5 Å². The zero-order valence-corrected chi connectivity index (χ0v) is 37.5. The number of hydrogen-bond donors (Lipinski definition) is 0. The van der Waals surface area contributed by atoms with Gasteiger partial charge in [0.2, 0.25) is 0 Å². The number of aryl methyl sites for hydroxylation is 1. The Morgan fingerprint density at radius 3 is 1.75 bits per heavy atom. The second kappa shape index (κ2) is 16.9. The molecule has 0 spiro atoms. The molecule has 0 bridgehead atoms. The van der Waals surface area contributed by atoms with Crippen molar-refractivity contribution in [1.29, 1.82) is 15.8 Å². The van der Waals surface area contributed by atoms with Gasteiger partial charge in [0.05, 0.1) is 70.2 Å². The van der Waals surface area contributed by atoms with E-state index in [4.69, 9.17) is 13.1 Å². The molecule has 10 heteroatoms. The van der Waals surface area contributed by atoms with Crippen molar-refractivity contribution in [2.45, 2.75) is 13.1 Å². The summed E-state index contributed by atoms with van der Waals surface area (Å²) in [7, 11) is 0. The Labute approximate surface area is 405 Å². The van der Waals surface area contributed by atoms with Gasteiger partial charge in [-0.2, -0.15) is 29.0 Å². The molecule has 0 saturated carbocycles. The standard InChI is InChI=1S/C61H32F3N7/c1-36-9-8-12-53(61(62,63)64)60(36)48-23-20-43(70-55-13-6-4-10-46(55)51-30-39(17-25-57(51)70)44-22-19-42(68-2)29-41(44)35-67)32-49(48)50-27-37(33-65)16-24-58(50)71-56-14-7-5-11-47(56)52-31-40(18-26-59(52)71)45-21-15-38(34-66)28-54(45)69-3/h4-32H,1H3. The molecule has 0 aliphatic carbocycles. The molecule has 0 radical (unpaired) electrons. The van der Waals surface area contributed by atoms with Gasteiger partial charge in [0, 0.05) is 43.9 Å². The normalized spacial score (nSPS) is 11.3. The van der Waals surface area contributed by atoms with E-state index in [9.17, 15) is 15.8 Å². The second-order valence-corrected chi connectivity index (χ2v) is 17.1. The molecule has 2 heterocycles. The summed E-state index contributed by atoms with van der Waals surface area (Å²) in [5.74, 6) is 0. The Morgan fingerprint density at radius 2 is 1.08 bits per heavy atom. The van der Waals surface area contributed by atoms with E-state index in [1.165, 1.54) is 6.07 Å². The number of para-hydroxylation sites is 2. The molecular weight excluding hydrogens is 888 g/mol. The molecule has 2 aromatic heterocycles. The van der Waals surface area contributed by atoms with E-state index in [2.05, 4.69) is 37.0 Å². The average molecular weight is 920 g/mol. The summed E-state index contributed by atoms with van der Waals surface area (Å²) in [6.45, 7) is 17.1. The highest BCUT2D eigenvalue weighted by atomic mass is 19.4. The lowest BCUT2D eigenvalue weighted by atomic mass is 9.87. The predicted molar refractivity (Wildman–Crippen MR) is 273 cm³/mol. The zero-order chi connectivity index (χ0) is 49.1. The Bertz CT molecular complexity index is 4310. The molecule has 0 aliphatic rings. The minimum atomic E-state index is -4.70. The second-order valence-electron chi connectivity index (χ2n) is 17.1. The smallest absolute Gasteiger partial charge is 0.309 e. The minimum Gasteiger partial charge on any atom is -0.309 e. The third-order valence-electron chi connectivity index (χ3n) is 13.2. The lowest BCUT2D eigenvalue weighted by Gasteiger charge is -2.22. The molecule has 0 saturated heterocycles. The van der Waals surface area contributed by atoms with Crippen LogP contribution in [0.5, 0.6) is 0 Å². The zero-order valence-electron chi connectivity index (χ0n) is 37.5. The van der Waals surface area contributed by atoms with Gasteiger partial charge in [0.25, 0.3) is 0 Å². The maximum absolute atomic E-state index is 15.2. The molecule has 0 fully saturated rings. The van der Waals surface area contributed by atoms with E-state index in [1.807, 2.05) is 103 Å². The Morgan fingerprint density at radius 1 is 0.479 bits per heavy atom. The van der Waals surface area contributed by atoms with Crippen LogP contribution in [0.1, 0.15) is 27.8 Å². The summed E-state index contributed by atoms with van der Waals surface area (Å²) in [6.07, 6.45) is -4.70. The van der Waals surface area contributed by atoms with Crippen LogP contribution in [-0.2, 0) is 6.18 Å². The van der Waals surface area contributed by atoms with Crippen LogP contribution in [0.3, 0.4) is 0 Å². The molecule has 0 atom stereocenters. The number of aromatic nitrogens is 2. The summed E-state index contributed by atoms with van der Waals surface area (Å²) in [5, 5.41) is 33.7. The van der Waals surface area contributed by atoms with Crippen molar-refractivity contribution in [3.63, 3.8) is 0 Å². The van der Waals surface area contributed by atoms with Crippen LogP contribution in [0.25, 0.3) is 109 Å². The predicted octanol–water partition coefficient (Wildman–Crippen LogP) is 16.6. The van der Waals surface area contributed by atoms with Crippen molar-refractivity contribution >= 4 is 55.0 Å². The first-order valence-electron chi connectivity index (χ1n) is 22.3. The minimum absolute atomic E-state index is 0.0177. The number of nitriles is 3. The van der Waals surface area contributed by atoms with Crippen molar-refractivity contribution < 1.29 is 13.2 Å². The number of alkyl halides is 3. The van der Waals surface area contributed by atoms with Gasteiger partial charge >= 0.3 is 6.18 Å². The monoisotopic (exact) mass is 919 g/mol. The third kappa shape index (κ3) is 7.10. The van der Waals surface area contributed by atoms with E-state index in [0.29, 0.717) is 72.8 Å². The van der Waals surface area contributed by atoms with Crippen LogP contribution in [0, 0.1) is 54.1 Å². The summed E-state index contributed by atoms with van der Waals surface area (Å²) in [6, 6.07) is 59.2. The van der Waals surface area contributed by atoms with E-state index in [-0.39, 0.29) is 5.56 Å². The third-order valence-corrected chi connectivity index (χ3v) is 13.2. The lowest BCUT2D eigenvalue weighted by Crippen LogP contribution is -2.09. The fourth-order valence-corrected chi connectivity index (χ4v) is 10.1. The number of nitrogens with zero attached hydrogens (tertiary/aromatic N) is 7. The van der Waals surface area contributed by atoms with Gasteiger partial charge < -0.3 is 9.13 Å². The maximum atomic E-state index is 15.2. The topological polar surface area (TPSA) is 89.9 Å². The molecule has 71 heavy (non-hydrogen) atoms. The van der Waals surface area contributed by atoms with Gasteiger partial charge in [0.15, 0.2) is 11.4 Å². The molecule has 9 aromatic carbocycles. The summed E-state index contributed by atoms with van der Waals surface area (Å²) >= 11 is 0. The van der Waals surface area contributed by atoms with Crippen LogP contribution in [-0.4, -0.2) is 9.13 Å². The number of fused-ring (bicyclic) bond motifs is 6. The first kappa shape index (κ1) is 43.4. The summed E-state index contributed by atoms with van der Waals surface area (Å²) < 4.78 is 49.9. The number of benzene rings is 9. The van der Waals surface area contributed by atoms with Crippen LogP contribution >= 0.6 is 0 Å². The molecule has 0 amide bonds. The average Bonchev–Trinajstić information content (AvgIpc) is 3.91. The van der Waals surface area contributed by atoms with Crippen molar-refractivity contribution in [2.24, 2.45) is 0 Å². The SMILES string of the molecule is [C-]#[N+]c1ccc(-c2ccc3c(c2)c2ccccc2n3-c2ccc(-c3c(C)cccc3C(F)(F)F)c(-c3cc(C#N)ccc3-n3c4ccccc4c4cc(-c5ccc(C#N)cc5[N+]#[C-])ccc43)c2)c(C#N)c1. The van der Waals surface area contributed by atoms with Crippen molar-refractivity contribution in [3.05, 3.63) is 227 Å². The Hall–Kier alpha value is -10.2. The van der Waals surface area contributed by atoms with E-state index in [0.717, 1.165) is 60.8 Å². The lowest BCUT2D eigenvalue weighted by molar-refractivity contribution is -0.137. The van der Waals surface area contributed by atoms with Crippen molar-refractivity contribution in [1.82, 2.24) is 9.13 Å². The molecule has 0 unspecified atom stereocenters. The first-order valence-corrected chi connectivity index (χ1v) is 22.3. The largest absolute Gasteiger partial charge is 0.417 e. The van der Waals surface area contributed by atoms with Crippen LogP contribution in [0.15, 0.2) is 176 Å². The molecule has 0 aliphatic heterocycles. The van der Waals surface area contributed by atoms with Gasteiger partial charge in [-0.25, -0.2) is 9.69 Å². The fourth-order valence-electron chi connectivity index (χ4n) is 10.1. The Kier molecular flexibility index (Phi) is 10.3. The molecule has 11 aromatic rings. The summed E-state index contributed by atoms with van der Waals surface area (Å²) in [4.78, 5) is 7.24. The quantitative estimate of drug-likeness (QED) is 0.156. The molecule has 332 valence electrons. The highest BCUT2D eigenvalue weighted by molar-refractivity contribution is 6.13. The fraction of sp³-hybridized carbons (Fsp3) is 0.0328. The summed E-state index contributed by atoms with van der Waals surface area (Å²) in [5.41, 5.74) is 10.1. The van der Waals surface area contributed by atoms with Gasteiger partial charge in [-0.3, -0.25) is 0 Å². The van der Waals surface area contributed by atoms with Crippen molar-refractivity contribution in [2.75, 3.05) is 0 Å². The van der Waals surface area contributed by atoms with Gasteiger partial charge in [-0.05, 0) is 142 Å². The highest BCUT2D eigenvalue weighted by Crippen LogP contribution is 2.47. The number of rotatable bonds is 6. The maximum Gasteiger partial charge on any atom is 0.417 e. The van der Waals surface area contributed by atoms with Gasteiger partial charge in [-0.1, -0.05) is 84.9 Å². The number of halogens is 3. The number of hydrogen-bond acceptors (Lipinski definition) is 3. The molecule has 11 rings (SSSR count). The van der Waals surface area contributed by atoms with Gasteiger partial charge in [-0.15, -0.1) is 0 Å². The molecular formula is C61H32F3N7.